The Hall–Kier alpha value is -1.69. The number of hydrogen-bond acceptors (Lipinski definition) is 3. The molecule has 174 valence electrons. The number of nitrogens with zero attached hydrogens (tertiary/aromatic N) is 1. The van der Waals surface area contributed by atoms with Crippen LogP contribution in [0.4, 0.5) is 0 Å². The van der Waals surface area contributed by atoms with Crippen molar-refractivity contribution in [3.8, 4) is 0 Å². The average molecular weight is 496 g/mol. The predicted molar refractivity (Wildman–Crippen MR) is 136 cm³/mol. The fraction of sp³-hybridized carbons (Fsp3) is 0.440. The third-order valence-corrected chi connectivity index (χ3v) is 6.87. The number of thioether (sulfide) groups is 1. The molecule has 0 aromatic heterocycles. The molecule has 2 aromatic carbocycles. The van der Waals surface area contributed by atoms with Crippen molar-refractivity contribution in [2.75, 3.05) is 5.75 Å². The highest BCUT2D eigenvalue weighted by molar-refractivity contribution is 7.99. The van der Waals surface area contributed by atoms with Gasteiger partial charge in [-0.1, -0.05) is 72.9 Å². The summed E-state index contributed by atoms with van der Waals surface area (Å²) in [5, 5.41) is 4.21. The van der Waals surface area contributed by atoms with Crippen LogP contribution >= 0.6 is 35.0 Å². The maximum Gasteiger partial charge on any atom is 0.243 e. The first-order valence-corrected chi connectivity index (χ1v) is 12.8. The lowest BCUT2D eigenvalue weighted by atomic mass is 10.1. The van der Waals surface area contributed by atoms with E-state index >= 15 is 0 Å². The summed E-state index contributed by atoms with van der Waals surface area (Å²) in [6, 6.07) is 13.0. The van der Waals surface area contributed by atoms with Crippen LogP contribution < -0.4 is 5.32 Å². The lowest BCUT2D eigenvalue weighted by Gasteiger charge is -2.31. The van der Waals surface area contributed by atoms with E-state index in [9.17, 15) is 9.59 Å². The highest BCUT2D eigenvalue weighted by atomic mass is 35.5. The Morgan fingerprint density at radius 1 is 1.09 bits per heavy atom. The molecule has 0 fully saturated rings. The van der Waals surface area contributed by atoms with E-state index in [4.69, 9.17) is 23.2 Å². The van der Waals surface area contributed by atoms with Gasteiger partial charge in [0.1, 0.15) is 6.04 Å². The molecule has 0 saturated heterocycles. The smallest absolute Gasteiger partial charge is 0.243 e. The summed E-state index contributed by atoms with van der Waals surface area (Å²) in [4.78, 5) is 28.0. The number of nitrogens with one attached hydrogen (secondary N) is 1. The van der Waals surface area contributed by atoms with Crippen LogP contribution in [-0.4, -0.2) is 34.6 Å². The summed E-state index contributed by atoms with van der Waals surface area (Å²) < 4.78 is 0. The van der Waals surface area contributed by atoms with E-state index in [2.05, 4.69) is 11.4 Å². The van der Waals surface area contributed by atoms with Gasteiger partial charge >= 0.3 is 0 Å². The van der Waals surface area contributed by atoms with Crippen LogP contribution in [0.5, 0.6) is 0 Å². The molecule has 0 bridgehead atoms. The first-order valence-electron chi connectivity index (χ1n) is 10.9. The largest absolute Gasteiger partial charge is 0.352 e. The minimum Gasteiger partial charge on any atom is -0.352 e. The zero-order valence-electron chi connectivity index (χ0n) is 19.2. The fourth-order valence-corrected chi connectivity index (χ4v) is 4.81. The molecule has 2 amide bonds. The number of benzene rings is 2. The normalized spacial score (nSPS) is 12.8. The van der Waals surface area contributed by atoms with Gasteiger partial charge < -0.3 is 10.2 Å². The summed E-state index contributed by atoms with van der Waals surface area (Å²) >= 11 is 13.7. The van der Waals surface area contributed by atoms with Gasteiger partial charge in [0.15, 0.2) is 0 Å². The maximum atomic E-state index is 13.3. The van der Waals surface area contributed by atoms with Crippen LogP contribution in [0, 0.1) is 6.92 Å². The predicted octanol–water partition coefficient (Wildman–Crippen LogP) is 6.26. The highest BCUT2D eigenvalue weighted by Gasteiger charge is 2.29. The van der Waals surface area contributed by atoms with Crippen LogP contribution in [0.3, 0.4) is 0 Å². The topological polar surface area (TPSA) is 49.4 Å². The summed E-state index contributed by atoms with van der Waals surface area (Å²) in [6.45, 7) is 8.37. The van der Waals surface area contributed by atoms with Crippen molar-refractivity contribution < 1.29 is 9.59 Å². The van der Waals surface area contributed by atoms with E-state index in [0.29, 0.717) is 28.8 Å². The molecule has 0 saturated carbocycles. The second-order valence-corrected chi connectivity index (χ2v) is 9.81. The zero-order chi connectivity index (χ0) is 23.7. The molecule has 2 aromatic rings. The summed E-state index contributed by atoms with van der Waals surface area (Å²) in [5.41, 5.74) is 3.07. The SMILES string of the molecule is CC[C@@H](C)NC(=O)[C@H](CC)N(Cc1cccc(C)c1)C(=O)CSCc1ccc(Cl)cc1Cl. The van der Waals surface area contributed by atoms with Crippen LogP contribution in [0.1, 0.15) is 50.3 Å². The molecule has 4 nitrogen and oxygen atoms in total. The molecule has 0 aliphatic heterocycles. The summed E-state index contributed by atoms with van der Waals surface area (Å²) in [5.74, 6) is 0.690. The molecule has 32 heavy (non-hydrogen) atoms. The van der Waals surface area contributed by atoms with Crippen molar-refractivity contribution in [2.24, 2.45) is 0 Å². The monoisotopic (exact) mass is 494 g/mol. The van der Waals surface area contributed by atoms with Gasteiger partial charge in [-0.05, 0) is 49.9 Å². The molecule has 1 N–H and O–H groups in total. The Morgan fingerprint density at radius 2 is 1.84 bits per heavy atom. The second-order valence-electron chi connectivity index (χ2n) is 7.98. The Balaban J connectivity index is 2.15. The van der Waals surface area contributed by atoms with Crippen LogP contribution in [0.15, 0.2) is 42.5 Å². The van der Waals surface area contributed by atoms with Crippen molar-refractivity contribution in [1.29, 1.82) is 0 Å². The number of rotatable bonds is 11. The molecular weight excluding hydrogens is 463 g/mol. The number of halogens is 2. The number of aryl methyl sites for hydroxylation is 1. The third-order valence-electron chi connectivity index (χ3n) is 5.32. The lowest BCUT2D eigenvalue weighted by molar-refractivity contribution is -0.139. The van der Waals surface area contributed by atoms with Crippen molar-refractivity contribution >= 4 is 46.8 Å². The first-order chi connectivity index (χ1) is 15.2. The van der Waals surface area contributed by atoms with Crippen LogP contribution in [0.25, 0.3) is 0 Å². The van der Waals surface area contributed by atoms with Crippen molar-refractivity contribution in [3.05, 3.63) is 69.2 Å². The van der Waals surface area contributed by atoms with Crippen LogP contribution in [0.2, 0.25) is 10.0 Å². The fourth-order valence-electron chi connectivity index (χ4n) is 3.34. The van der Waals surface area contributed by atoms with Gasteiger partial charge in [-0.2, -0.15) is 0 Å². The second kappa shape index (κ2) is 13.1. The quantitative estimate of drug-likeness (QED) is 0.401. The molecular formula is C25H32Cl2N2O2S. The molecule has 2 atom stereocenters. The summed E-state index contributed by atoms with van der Waals surface area (Å²) in [7, 11) is 0. The number of carbonyl (C=O) groups is 2. The average Bonchev–Trinajstić information content (AvgIpc) is 2.74. The molecule has 0 spiro atoms. The van der Waals surface area contributed by atoms with Crippen molar-refractivity contribution in [1.82, 2.24) is 10.2 Å². The Kier molecular flexibility index (Phi) is 10.9. The van der Waals surface area contributed by atoms with Gasteiger partial charge in [0, 0.05) is 28.4 Å². The Bertz CT molecular complexity index is 923. The molecule has 0 unspecified atom stereocenters. The van der Waals surface area contributed by atoms with Gasteiger partial charge in [0.2, 0.25) is 11.8 Å². The van der Waals surface area contributed by atoms with E-state index in [-0.39, 0.29) is 23.6 Å². The Morgan fingerprint density at radius 3 is 2.47 bits per heavy atom. The molecule has 7 heteroatoms. The minimum absolute atomic E-state index is 0.0623. The van der Waals surface area contributed by atoms with Crippen molar-refractivity contribution in [2.45, 2.75) is 64.9 Å². The van der Waals surface area contributed by atoms with Gasteiger partial charge in [-0.3, -0.25) is 9.59 Å². The van der Waals surface area contributed by atoms with E-state index < -0.39 is 6.04 Å². The molecule has 0 aliphatic rings. The standard InChI is InChI=1S/C25H32Cl2N2O2S/c1-5-18(4)28-25(31)23(6-2)29(14-19-9-7-8-17(3)12-19)24(30)16-32-15-20-10-11-21(26)13-22(20)27/h7-13,18,23H,5-6,14-16H2,1-4H3,(H,28,31)/t18-,23+/m1/s1. The van der Waals surface area contributed by atoms with E-state index in [0.717, 1.165) is 23.1 Å². The highest BCUT2D eigenvalue weighted by Crippen LogP contribution is 2.25. The van der Waals surface area contributed by atoms with Gasteiger partial charge in [-0.15, -0.1) is 11.8 Å². The maximum absolute atomic E-state index is 13.3. The first kappa shape index (κ1) is 26.6. The van der Waals surface area contributed by atoms with Gasteiger partial charge in [0.25, 0.3) is 0 Å². The minimum atomic E-state index is -0.517. The summed E-state index contributed by atoms with van der Waals surface area (Å²) in [6.07, 6.45) is 1.39. The Labute approximate surface area is 206 Å². The third kappa shape index (κ3) is 8.02. The molecule has 0 aliphatic carbocycles. The number of amides is 2. The molecule has 0 radical (unpaired) electrons. The van der Waals surface area contributed by atoms with E-state index in [1.54, 1.807) is 17.0 Å². The van der Waals surface area contributed by atoms with Gasteiger partial charge in [0.05, 0.1) is 5.75 Å². The number of carbonyl (C=O) groups excluding carboxylic acids is 2. The lowest BCUT2D eigenvalue weighted by Crippen LogP contribution is -2.51. The number of hydrogen-bond donors (Lipinski definition) is 1. The molecule has 2 rings (SSSR count). The van der Waals surface area contributed by atoms with Crippen molar-refractivity contribution in [3.63, 3.8) is 0 Å². The van der Waals surface area contributed by atoms with E-state index in [1.165, 1.54) is 11.8 Å². The van der Waals surface area contributed by atoms with E-state index in [1.807, 2.05) is 52.0 Å². The van der Waals surface area contributed by atoms with Crippen LogP contribution in [-0.2, 0) is 21.9 Å². The molecule has 0 heterocycles. The zero-order valence-corrected chi connectivity index (χ0v) is 21.5. The van der Waals surface area contributed by atoms with Gasteiger partial charge in [-0.25, -0.2) is 0 Å².